The number of amides is 2. The second kappa shape index (κ2) is 9.97. The van der Waals surface area contributed by atoms with Crippen LogP contribution < -0.4 is 10.6 Å². The van der Waals surface area contributed by atoms with Crippen molar-refractivity contribution in [1.29, 1.82) is 0 Å². The fourth-order valence-corrected chi connectivity index (χ4v) is 4.07. The minimum absolute atomic E-state index is 0. The Kier molecular flexibility index (Phi) is 8.22. The lowest BCUT2D eigenvalue weighted by atomic mass is 9.94. The van der Waals surface area contributed by atoms with E-state index in [9.17, 15) is 9.59 Å². The van der Waals surface area contributed by atoms with Crippen molar-refractivity contribution in [2.24, 2.45) is 5.92 Å². The molecule has 0 radical (unpaired) electrons. The van der Waals surface area contributed by atoms with E-state index in [1.165, 1.54) is 0 Å². The van der Waals surface area contributed by atoms with Crippen LogP contribution in [0.2, 0.25) is 10.0 Å². The lowest BCUT2D eigenvalue weighted by molar-refractivity contribution is -0.127. The number of rotatable bonds is 3. The van der Waals surface area contributed by atoms with Crippen molar-refractivity contribution in [1.82, 2.24) is 15.5 Å². The minimum atomic E-state index is -0.152. The van der Waals surface area contributed by atoms with E-state index in [1.54, 1.807) is 23.1 Å². The van der Waals surface area contributed by atoms with E-state index >= 15 is 0 Å². The van der Waals surface area contributed by atoms with Crippen LogP contribution in [0.5, 0.6) is 0 Å². The zero-order valence-electron chi connectivity index (χ0n) is 15.3. The monoisotopic (exact) mass is 433 g/mol. The fraction of sp³-hybridized carbons (Fsp3) is 0.579. The van der Waals surface area contributed by atoms with E-state index in [-0.39, 0.29) is 36.2 Å². The summed E-state index contributed by atoms with van der Waals surface area (Å²) in [6, 6.07) is 5.54. The van der Waals surface area contributed by atoms with Gasteiger partial charge in [0.25, 0.3) is 5.91 Å². The smallest absolute Gasteiger partial charge is 0.253 e. The van der Waals surface area contributed by atoms with E-state index < -0.39 is 0 Å². The van der Waals surface area contributed by atoms with Gasteiger partial charge in [0.1, 0.15) is 0 Å². The third-order valence-electron chi connectivity index (χ3n) is 5.22. The first-order valence-electron chi connectivity index (χ1n) is 9.22. The molecule has 3 atom stereocenters. The molecular weight excluding hydrogens is 409 g/mol. The summed E-state index contributed by atoms with van der Waals surface area (Å²) in [7, 11) is 0. The zero-order valence-corrected chi connectivity index (χ0v) is 17.7. The number of hydrogen-bond acceptors (Lipinski definition) is 3. The molecule has 2 saturated heterocycles. The van der Waals surface area contributed by atoms with Gasteiger partial charge in [-0.1, -0.05) is 23.2 Å². The van der Waals surface area contributed by atoms with Gasteiger partial charge in [0.2, 0.25) is 5.91 Å². The molecule has 3 unspecified atom stereocenters. The molecule has 5 nitrogen and oxygen atoms in total. The molecule has 150 valence electrons. The second-order valence-electron chi connectivity index (χ2n) is 7.30. The van der Waals surface area contributed by atoms with Crippen molar-refractivity contribution in [2.75, 3.05) is 19.6 Å². The third kappa shape index (κ3) is 5.74. The molecule has 2 aliphatic rings. The second-order valence-corrected chi connectivity index (χ2v) is 8.12. The van der Waals surface area contributed by atoms with Gasteiger partial charge in [-0.2, -0.15) is 0 Å². The number of nitrogens with one attached hydrogen (secondary N) is 2. The van der Waals surface area contributed by atoms with Gasteiger partial charge in [-0.05, 0) is 57.4 Å². The molecule has 8 heteroatoms. The van der Waals surface area contributed by atoms with Gasteiger partial charge in [0.05, 0.1) is 16.0 Å². The fourth-order valence-electron chi connectivity index (χ4n) is 3.77. The minimum Gasteiger partial charge on any atom is -0.353 e. The highest BCUT2D eigenvalue weighted by atomic mass is 35.5. The van der Waals surface area contributed by atoms with Crippen LogP contribution in [-0.2, 0) is 4.79 Å². The largest absolute Gasteiger partial charge is 0.353 e. The van der Waals surface area contributed by atoms with Crippen molar-refractivity contribution in [3.63, 3.8) is 0 Å². The van der Waals surface area contributed by atoms with Crippen LogP contribution in [0.4, 0.5) is 0 Å². The molecule has 2 amide bonds. The van der Waals surface area contributed by atoms with E-state index in [0.717, 1.165) is 32.2 Å². The number of carbonyl (C=O) groups excluding carboxylic acids is 2. The van der Waals surface area contributed by atoms with Crippen LogP contribution in [0.3, 0.4) is 0 Å². The Bertz CT molecular complexity index is 686. The molecule has 2 fully saturated rings. The summed E-state index contributed by atoms with van der Waals surface area (Å²) < 4.78 is 0. The number of nitrogens with zero attached hydrogens (tertiary/aromatic N) is 1. The number of halogens is 3. The third-order valence-corrected chi connectivity index (χ3v) is 5.96. The molecule has 2 N–H and O–H groups in total. The number of benzene rings is 1. The van der Waals surface area contributed by atoms with E-state index in [1.807, 2.05) is 0 Å². The maximum atomic E-state index is 12.7. The lowest BCUT2D eigenvalue weighted by Crippen LogP contribution is -2.51. The highest BCUT2D eigenvalue weighted by Crippen LogP contribution is 2.25. The van der Waals surface area contributed by atoms with Crippen LogP contribution in [0.25, 0.3) is 0 Å². The summed E-state index contributed by atoms with van der Waals surface area (Å²) in [5, 5.41) is 7.36. The topological polar surface area (TPSA) is 61.4 Å². The highest BCUT2D eigenvalue weighted by Gasteiger charge is 2.30. The average molecular weight is 435 g/mol. The maximum Gasteiger partial charge on any atom is 0.253 e. The first-order valence-corrected chi connectivity index (χ1v) is 9.97. The standard InChI is InChI=1S/C19H25Cl2N3O2.ClH/c1-12-9-15(6-7-22-12)23-18(25)14-3-2-8-24(11-14)19(26)13-4-5-16(20)17(21)10-13;/h4-5,10,12,14-15,22H,2-3,6-9,11H2,1H3,(H,23,25);1H. The summed E-state index contributed by atoms with van der Waals surface area (Å²) >= 11 is 11.9. The summed E-state index contributed by atoms with van der Waals surface area (Å²) in [6.07, 6.45) is 3.55. The van der Waals surface area contributed by atoms with Crippen molar-refractivity contribution < 1.29 is 9.59 Å². The maximum absolute atomic E-state index is 12.7. The van der Waals surface area contributed by atoms with Crippen molar-refractivity contribution in [3.05, 3.63) is 33.8 Å². The predicted octanol–water partition coefficient (Wildman–Crippen LogP) is 3.52. The van der Waals surface area contributed by atoms with E-state index in [4.69, 9.17) is 23.2 Å². The molecule has 1 aromatic carbocycles. The molecule has 0 saturated carbocycles. The summed E-state index contributed by atoms with van der Waals surface area (Å²) in [4.78, 5) is 27.2. The Morgan fingerprint density at radius 3 is 2.70 bits per heavy atom. The van der Waals surface area contributed by atoms with Crippen LogP contribution in [0.1, 0.15) is 43.0 Å². The SMILES string of the molecule is CC1CC(NC(=O)C2CCCN(C(=O)c3ccc(Cl)c(Cl)c3)C2)CCN1.Cl. The molecule has 2 aliphatic heterocycles. The molecule has 2 heterocycles. The van der Waals surface area contributed by atoms with Crippen molar-refractivity contribution in [2.45, 2.75) is 44.7 Å². The Morgan fingerprint density at radius 2 is 2.00 bits per heavy atom. The number of likely N-dealkylation sites (tertiary alicyclic amines) is 1. The van der Waals surface area contributed by atoms with Gasteiger partial charge >= 0.3 is 0 Å². The lowest BCUT2D eigenvalue weighted by Gasteiger charge is -2.34. The normalized spacial score (nSPS) is 25.4. The number of hydrogen-bond donors (Lipinski definition) is 2. The van der Waals surface area contributed by atoms with Crippen LogP contribution >= 0.6 is 35.6 Å². The molecule has 3 rings (SSSR count). The van der Waals surface area contributed by atoms with Gasteiger partial charge in [-0.25, -0.2) is 0 Å². The quantitative estimate of drug-likeness (QED) is 0.765. The van der Waals surface area contributed by atoms with Crippen LogP contribution in [-0.4, -0.2) is 48.4 Å². The first kappa shape index (κ1) is 22.3. The molecule has 1 aromatic rings. The van der Waals surface area contributed by atoms with Crippen molar-refractivity contribution >= 4 is 47.4 Å². The molecular formula is C19H26Cl3N3O2. The van der Waals surface area contributed by atoms with Gasteiger partial charge in [0, 0.05) is 30.7 Å². The predicted molar refractivity (Wildman–Crippen MR) is 111 cm³/mol. The molecule has 0 aliphatic carbocycles. The first-order chi connectivity index (χ1) is 12.4. The Labute approximate surface area is 176 Å². The number of carbonyl (C=O) groups is 2. The van der Waals surface area contributed by atoms with Gasteiger partial charge in [0.15, 0.2) is 0 Å². The van der Waals surface area contributed by atoms with E-state index in [2.05, 4.69) is 17.6 Å². The number of piperidine rings is 2. The van der Waals surface area contributed by atoms with Crippen LogP contribution in [0, 0.1) is 5.92 Å². The average Bonchev–Trinajstić information content (AvgIpc) is 2.63. The highest BCUT2D eigenvalue weighted by molar-refractivity contribution is 6.42. The Hall–Kier alpha value is -1.01. The summed E-state index contributed by atoms with van der Waals surface area (Å²) in [6.45, 7) is 4.17. The molecule has 0 spiro atoms. The molecule has 0 aromatic heterocycles. The van der Waals surface area contributed by atoms with Gasteiger partial charge < -0.3 is 15.5 Å². The van der Waals surface area contributed by atoms with E-state index in [0.29, 0.717) is 34.7 Å². The Balaban J connectivity index is 0.00000261. The zero-order chi connectivity index (χ0) is 18.7. The Morgan fingerprint density at radius 1 is 1.22 bits per heavy atom. The van der Waals surface area contributed by atoms with Gasteiger partial charge in [-0.15, -0.1) is 12.4 Å². The molecule has 0 bridgehead atoms. The van der Waals surface area contributed by atoms with Crippen molar-refractivity contribution in [3.8, 4) is 0 Å². The van der Waals surface area contributed by atoms with Crippen LogP contribution in [0.15, 0.2) is 18.2 Å². The summed E-state index contributed by atoms with van der Waals surface area (Å²) in [5.74, 6) is -0.187. The summed E-state index contributed by atoms with van der Waals surface area (Å²) in [5.41, 5.74) is 0.507. The molecule has 27 heavy (non-hydrogen) atoms. The van der Waals surface area contributed by atoms with Gasteiger partial charge in [-0.3, -0.25) is 9.59 Å².